The van der Waals surface area contributed by atoms with Crippen LogP contribution in [0.15, 0.2) is 73.5 Å². The van der Waals surface area contributed by atoms with Gasteiger partial charge < -0.3 is 13.3 Å². The van der Waals surface area contributed by atoms with Crippen molar-refractivity contribution in [3.05, 3.63) is 72.5 Å². The monoisotopic (exact) mass is 296 g/mol. The summed E-state index contributed by atoms with van der Waals surface area (Å²) < 4.78 is 16.0. The molecule has 22 heavy (non-hydrogen) atoms. The van der Waals surface area contributed by atoms with E-state index < -0.39 is 0 Å². The second kappa shape index (κ2) is 5.07. The van der Waals surface area contributed by atoms with Crippen molar-refractivity contribution in [3.8, 4) is 0 Å². The summed E-state index contributed by atoms with van der Waals surface area (Å²) in [6, 6.07) is 10.2. The third-order valence-corrected chi connectivity index (χ3v) is 3.53. The fourth-order valence-electron chi connectivity index (χ4n) is 2.50. The molecule has 6 nitrogen and oxygen atoms in total. The molecule has 6 heteroatoms. The van der Waals surface area contributed by atoms with E-state index in [-0.39, 0.29) is 17.7 Å². The molecule has 0 aromatic carbocycles. The van der Waals surface area contributed by atoms with Crippen LogP contribution in [-0.4, -0.2) is 16.6 Å². The maximum absolute atomic E-state index is 12.6. The van der Waals surface area contributed by atoms with Crippen LogP contribution >= 0.6 is 0 Å². The van der Waals surface area contributed by atoms with Gasteiger partial charge in [0.05, 0.1) is 18.8 Å². The Bertz CT molecular complexity index is 785. The molecule has 0 saturated heterocycles. The summed E-state index contributed by atoms with van der Waals surface area (Å²) in [5.74, 6) is 1.24. The molecule has 3 aromatic heterocycles. The van der Waals surface area contributed by atoms with Gasteiger partial charge in [-0.2, -0.15) is 5.10 Å². The Morgan fingerprint density at radius 2 is 1.82 bits per heavy atom. The summed E-state index contributed by atoms with van der Waals surface area (Å²) >= 11 is 0. The number of nitrogens with zero attached hydrogens (tertiary/aromatic N) is 2. The topological polar surface area (TPSA) is 72.1 Å². The third-order valence-electron chi connectivity index (χ3n) is 3.53. The average Bonchev–Trinajstić information content (AvgIpc) is 3.35. The molecular formula is C16H12N2O4. The lowest BCUT2D eigenvalue weighted by Crippen LogP contribution is -2.26. The predicted molar refractivity (Wildman–Crippen MR) is 76.2 cm³/mol. The predicted octanol–water partition coefficient (Wildman–Crippen LogP) is 3.46. The molecule has 3 aromatic rings. The SMILES string of the molecule is O=C(c1ccco1)N1N=C(c2ccco2)C[C@H]1c1ccco1. The van der Waals surface area contributed by atoms with Gasteiger partial charge in [-0.1, -0.05) is 0 Å². The molecule has 110 valence electrons. The minimum absolute atomic E-state index is 0.237. The molecule has 0 saturated carbocycles. The van der Waals surface area contributed by atoms with Gasteiger partial charge in [-0.3, -0.25) is 4.79 Å². The van der Waals surface area contributed by atoms with E-state index in [1.54, 1.807) is 36.8 Å². The zero-order valence-corrected chi connectivity index (χ0v) is 11.5. The number of hydrazone groups is 1. The van der Waals surface area contributed by atoms with Crippen LogP contribution in [0.2, 0.25) is 0 Å². The first-order valence-corrected chi connectivity index (χ1v) is 6.85. The van der Waals surface area contributed by atoms with Gasteiger partial charge in [0.25, 0.3) is 0 Å². The number of carbonyl (C=O) groups is 1. The molecule has 1 atom stereocenters. The van der Waals surface area contributed by atoms with Gasteiger partial charge in [0.2, 0.25) is 0 Å². The van der Waals surface area contributed by atoms with E-state index in [0.29, 0.717) is 23.7 Å². The number of hydrogen-bond donors (Lipinski definition) is 0. The van der Waals surface area contributed by atoms with Gasteiger partial charge in [0.1, 0.15) is 23.3 Å². The molecule has 4 rings (SSSR count). The van der Waals surface area contributed by atoms with Crippen molar-refractivity contribution in [2.24, 2.45) is 5.10 Å². The highest BCUT2D eigenvalue weighted by Gasteiger charge is 2.37. The first-order valence-electron chi connectivity index (χ1n) is 6.85. The highest BCUT2D eigenvalue weighted by Crippen LogP contribution is 2.34. The summed E-state index contributed by atoms with van der Waals surface area (Å²) in [7, 11) is 0. The van der Waals surface area contributed by atoms with Crippen molar-refractivity contribution in [1.82, 2.24) is 5.01 Å². The van der Waals surface area contributed by atoms with E-state index in [0.717, 1.165) is 0 Å². The Morgan fingerprint density at radius 3 is 2.50 bits per heavy atom. The fourth-order valence-corrected chi connectivity index (χ4v) is 2.50. The summed E-state index contributed by atoms with van der Waals surface area (Å²) in [6.07, 6.45) is 5.14. The zero-order valence-electron chi connectivity index (χ0n) is 11.5. The van der Waals surface area contributed by atoms with Crippen LogP contribution in [0.25, 0.3) is 0 Å². The molecular weight excluding hydrogens is 284 g/mol. The number of rotatable bonds is 3. The Labute approximate surface area is 125 Å². The second-order valence-electron chi connectivity index (χ2n) is 4.89. The van der Waals surface area contributed by atoms with Crippen molar-refractivity contribution in [1.29, 1.82) is 0 Å². The molecule has 0 spiro atoms. The van der Waals surface area contributed by atoms with Crippen molar-refractivity contribution in [3.63, 3.8) is 0 Å². The summed E-state index contributed by atoms with van der Waals surface area (Å²) in [6.45, 7) is 0. The summed E-state index contributed by atoms with van der Waals surface area (Å²) in [4.78, 5) is 12.6. The van der Waals surface area contributed by atoms with Crippen LogP contribution < -0.4 is 0 Å². The molecule has 0 unspecified atom stereocenters. The number of hydrogen-bond acceptors (Lipinski definition) is 5. The molecule has 0 bridgehead atoms. The van der Waals surface area contributed by atoms with Crippen LogP contribution in [0.4, 0.5) is 0 Å². The molecule has 0 aliphatic carbocycles. The van der Waals surface area contributed by atoms with Crippen molar-refractivity contribution in [2.45, 2.75) is 12.5 Å². The van der Waals surface area contributed by atoms with Crippen LogP contribution in [0.1, 0.15) is 34.5 Å². The van der Waals surface area contributed by atoms with E-state index in [1.165, 1.54) is 11.3 Å². The van der Waals surface area contributed by atoms with Crippen LogP contribution in [0.5, 0.6) is 0 Å². The minimum Gasteiger partial charge on any atom is -0.467 e. The fraction of sp³-hybridized carbons (Fsp3) is 0.125. The van der Waals surface area contributed by atoms with Crippen molar-refractivity contribution < 1.29 is 18.0 Å². The Hall–Kier alpha value is -3.02. The number of furan rings is 3. The van der Waals surface area contributed by atoms with Crippen LogP contribution in [0, 0.1) is 0 Å². The zero-order chi connectivity index (χ0) is 14.9. The quantitative estimate of drug-likeness (QED) is 0.742. The molecule has 1 amide bonds. The van der Waals surface area contributed by atoms with E-state index in [1.807, 2.05) is 12.1 Å². The van der Waals surface area contributed by atoms with E-state index >= 15 is 0 Å². The van der Waals surface area contributed by atoms with Crippen molar-refractivity contribution in [2.75, 3.05) is 0 Å². The van der Waals surface area contributed by atoms with Gasteiger partial charge >= 0.3 is 5.91 Å². The third kappa shape index (κ3) is 2.05. The lowest BCUT2D eigenvalue weighted by Gasteiger charge is -2.18. The normalized spacial score (nSPS) is 17.7. The Morgan fingerprint density at radius 1 is 1.05 bits per heavy atom. The first kappa shape index (κ1) is 12.7. The number of amides is 1. The minimum atomic E-state index is -0.312. The standard InChI is InChI=1S/C16H12N2O4/c19-16(15-6-3-9-22-15)18-12(14-5-2-8-21-14)10-11(17-18)13-4-1-7-20-13/h1-9,12H,10H2/t12-/m0/s1. The maximum atomic E-state index is 12.6. The van der Waals surface area contributed by atoms with E-state index in [2.05, 4.69) is 5.10 Å². The van der Waals surface area contributed by atoms with Gasteiger partial charge in [-0.05, 0) is 36.4 Å². The highest BCUT2D eigenvalue weighted by molar-refractivity contribution is 6.02. The van der Waals surface area contributed by atoms with Gasteiger partial charge in [0, 0.05) is 6.42 Å². The first-order chi connectivity index (χ1) is 10.8. The molecule has 0 fully saturated rings. The molecule has 4 heterocycles. The van der Waals surface area contributed by atoms with Gasteiger partial charge in [0.15, 0.2) is 5.76 Å². The van der Waals surface area contributed by atoms with Gasteiger partial charge in [-0.15, -0.1) is 0 Å². The average molecular weight is 296 g/mol. The molecule has 1 aliphatic heterocycles. The van der Waals surface area contributed by atoms with Crippen LogP contribution in [0.3, 0.4) is 0 Å². The smallest absolute Gasteiger partial charge is 0.310 e. The maximum Gasteiger partial charge on any atom is 0.310 e. The molecule has 0 radical (unpaired) electrons. The molecule has 0 N–H and O–H groups in total. The molecule has 1 aliphatic rings. The lowest BCUT2D eigenvalue weighted by atomic mass is 10.1. The summed E-state index contributed by atoms with van der Waals surface area (Å²) in [5.41, 5.74) is 0.700. The largest absolute Gasteiger partial charge is 0.467 e. The van der Waals surface area contributed by atoms with Crippen LogP contribution in [-0.2, 0) is 0 Å². The Kier molecular flexibility index (Phi) is 2.93. The highest BCUT2D eigenvalue weighted by atomic mass is 16.3. The summed E-state index contributed by atoms with van der Waals surface area (Å²) in [5, 5.41) is 5.79. The van der Waals surface area contributed by atoms with Gasteiger partial charge in [-0.25, -0.2) is 5.01 Å². The number of carbonyl (C=O) groups excluding carboxylic acids is 1. The van der Waals surface area contributed by atoms with E-state index in [4.69, 9.17) is 13.3 Å². The second-order valence-corrected chi connectivity index (χ2v) is 4.89. The Balaban J connectivity index is 1.71. The van der Waals surface area contributed by atoms with Crippen molar-refractivity contribution >= 4 is 11.6 Å². The lowest BCUT2D eigenvalue weighted by molar-refractivity contribution is 0.0660. The van der Waals surface area contributed by atoms with E-state index in [9.17, 15) is 4.79 Å².